The van der Waals surface area contributed by atoms with Crippen LogP contribution in [0.3, 0.4) is 0 Å². The topological polar surface area (TPSA) is 88.6 Å². The van der Waals surface area contributed by atoms with Gasteiger partial charge in [0, 0.05) is 0 Å². The number of ether oxygens (including phenoxy) is 3. The molecule has 1 atom stereocenters. The Balaban J connectivity index is 2.06. The highest BCUT2D eigenvalue weighted by Gasteiger charge is 2.20. The zero-order chi connectivity index (χ0) is 12.3. The lowest BCUT2D eigenvalue weighted by Crippen LogP contribution is -2.32. The van der Waals surface area contributed by atoms with Gasteiger partial charge in [-0.2, -0.15) is 0 Å². The normalized spacial score (nSPS) is 20.2. The number of anilines is 1. The van der Waals surface area contributed by atoms with E-state index in [9.17, 15) is 4.79 Å². The standard InChI is InChI=1S/C10H15N3O4/c1-15-10(14)8-9(11)13(6-12-8)4-7-5-16-2-3-17-7/h6-7H,2-5,11H2,1H3. The van der Waals surface area contributed by atoms with Gasteiger partial charge < -0.3 is 24.5 Å². The molecule has 1 aromatic heterocycles. The molecule has 7 nitrogen and oxygen atoms in total. The maximum absolute atomic E-state index is 11.3. The fourth-order valence-corrected chi connectivity index (χ4v) is 1.65. The first kappa shape index (κ1) is 11.9. The Morgan fingerprint density at radius 3 is 3.18 bits per heavy atom. The number of hydrogen-bond donors (Lipinski definition) is 1. The molecule has 1 unspecified atom stereocenters. The molecule has 94 valence electrons. The molecule has 1 fully saturated rings. The van der Waals surface area contributed by atoms with Gasteiger partial charge in [-0.3, -0.25) is 0 Å². The Morgan fingerprint density at radius 1 is 1.71 bits per heavy atom. The number of carbonyl (C=O) groups excluding carboxylic acids is 1. The van der Waals surface area contributed by atoms with Gasteiger partial charge in [0.15, 0.2) is 5.69 Å². The van der Waals surface area contributed by atoms with E-state index in [2.05, 4.69) is 9.72 Å². The van der Waals surface area contributed by atoms with Crippen LogP contribution in [0.15, 0.2) is 6.33 Å². The van der Waals surface area contributed by atoms with Gasteiger partial charge in [-0.25, -0.2) is 9.78 Å². The molecule has 2 N–H and O–H groups in total. The summed E-state index contributed by atoms with van der Waals surface area (Å²) in [6.45, 7) is 2.22. The lowest BCUT2D eigenvalue weighted by molar-refractivity contribution is -0.0934. The van der Waals surface area contributed by atoms with Gasteiger partial charge >= 0.3 is 5.97 Å². The molecule has 0 spiro atoms. The number of carbonyl (C=O) groups is 1. The molecular weight excluding hydrogens is 226 g/mol. The third-order valence-corrected chi connectivity index (χ3v) is 2.54. The monoisotopic (exact) mass is 241 g/mol. The van der Waals surface area contributed by atoms with Crippen molar-refractivity contribution in [1.29, 1.82) is 0 Å². The quantitative estimate of drug-likeness (QED) is 0.729. The first-order valence-electron chi connectivity index (χ1n) is 5.30. The zero-order valence-electron chi connectivity index (χ0n) is 9.59. The predicted molar refractivity (Wildman–Crippen MR) is 58.5 cm³/mol. The minimum absolute atomic E-state index is 0.0641. The van der Waals surface area contributed by atoms with Crippen LogP contribution in [0.25, 0.3) is 0 Å². The summed E-state index contributed by atoms with van der Waals surface area (Å²) >= 11 is 0. The van der Waals surface area contributed by atoms with Crippen LogP contribution in [-0.4, -0.2) is 48.6 Å². The van der Waals surface area contributed by atoms with Crippen molar-refractivity contribution in [2.45, 2.75) is 12.6 Å². The van der Waals surface area contributed by atoms with E-state index in [-0.39, 0.29) is 17.6 Å². The van der Waals surface area contributed by atoms with Crippen molar-refractivity contribution in [1.82, 2.24) is 9.55 Å². The van der Waals surface area contributed by atoms with Gasteiger partial charge in [-0.05, 0) is 0 Å². The second kappa shape index (κ2) is 5.15. The summed E-state index contributed by atoms with van der Waals surface area (Å²) in [6.07, 6.45) is 1.44. The van der Waals surface area contributed by atoms with Crippen LogP contribution in [0.1, 0.15) is 10.5 Å². The number of rotatable bonds is 3. The molecule has 0 amide bonds. The second-order valence-corrected chi connectivity index (χ2v) is 3.69. The average Bonchev–Trinajstić information content (AvgIpc) is 2.72. The Morgan fingerprint density at radius 2 is 2.53 bits per heavy atom. The molecule has 0 radical (unpaired) electrons. The highest BCUT2D eigenvalue weighted by molar-refractivity contribution is 5.91. The number of imidazole rings is 1. The van der Waals surface area contributed by atoms with Crippen LogP contribution in [0.5, 0.6) is 0 Å². The largest absolute Gasteiger partial charge is 0.464 e. The number of esters is 1. The Labute approximate surface area is 98.5 Å². The fourth-order valence-electron chi connectivity index (χ4n) is 1.65. The van der Waals surface area contributed by atoms with Crippen LogP contribution in [0.2, 0.25) is 0 Å². The van der Waals surface area contributed by atoms with E-state index in [0.29, 0.717) is 26.4 Å². The molecule has 0 aliphatic carbocycles. The van der Waals surface area contributed by atoms with Crippen molar-refractivity contribution in [2.75, 3.05) is 32.7 Å². The Kier molecular flexibility index (Phi) is 3.60. The number of methoxy groups -OCH3 is 1. The smallest absolute Gasteiger partial charge is 0.360 e. The molecule has 1 aliphatic heterocycles. The Hall–Kier alpha value is -1.60. The molecule has 0 aromatic carbocycles. The van der Waals surface area contributed by atoms with Crippen molar-refractivity contribution in [3.8, 4) is 0 Å². The van der Waals surface area contributed by atoms with Crippen LogP contribution in [0.4, 0.5) is 5.82 Å². The number of hydrogen-bond acceptors (Lipinski definition) is 6. The third-order valence-electron chi connectivity index (χ3n) is 2.54. The van der Waals surface area contributed by atoms with Gasteiger partial charge in [0.05, 0.1) is 45.9 Å². The molecule has 2 rings (SSSR count). The number of nitrogen functional groups attached to an aromatic ring is 1. The maximum Gasteiger partial charge on any atom is 0.360 e. The van der Waals surface area contributed by atoms with Crippen LogP contribution in [0, 0.1) is 0 Å². The first-order valence-corrected chi connectivity index (χ1v) is 5.30. The molecule has 1 aliphatic rings. The number of nitrogens with two attached hydrogens (primary N) is 1. The summed E-state index contributed by atoms with van der Waals surface area (Å²) in [6, 6.07) is 0. The average molecular weight is 241 g/mol. The minimum atomic E-state index is -0.540. The summed E-state index contributed by atoms with van der Waals surface area (Å²) in [5, 5.41) is 0. The lowest BCUT2D eigenvalue weighted by Gasteiger charge is -2.23. The van der Waals surface area contributed by atoms with E-state index >= 15 is 0 Å². The molecular formula is C10H15N3O4. The SMILES string of the molecule is COC(=O)c1ncn(CC2COCCO2)c1N. The van der Waals surface area contributed by atoms with Crippen molar-refractivity contribution in [2.24, 2.45) is 0 Å². The van der Waals surface area contributed by atoms with Gasteiger partial charge in [-0.1, -0.05) is 0 Å². The third kappa shape index (κ3) is 2.56. The maximum atomic E-state index is 11.3. The van der Waals surface area contributed by atoms with E-state index in [1.807, 2.05) is 0 Å². The number of nitrogens with zero attached hydrogens (tertiary/aromatic N) is 2. The van der Waals surface area contributed by atoms with E-state index < -0.39 is 5.97 Å². The highest BCUT2D eigenvalue weighted by Crippen LogP contribution is 2.13. The van der Waals surface area contributed by atoms with Gasteiger partial charge in [0.25, 0.3) is 0 Å². The summed E-state index contributed by atoms with van der Waals surface area (Å²) < 4.78 is 17.0. The van der Waals surface area contributed by atoms with Gasteiger partial charge in [0.2, 0.25) is 0 Å². The highest BCUT2D eigenvalue weighted by atomic mass is 16.6. The molecule has 0 bridgehead atoms. The summed E-state index contributed by atoms with van der Waals surface area (Å²) in [5.41, 5.74) is 5.93. The van der Waals surface area contributed by atoms with Crippen molar-refractivity contribution in [3.63, 3.8) is 0 Å². The summed E-state index contributed by atoms with van der Waals surface area (Å²) in [4.78, 5) is 15.2. The molecule has 2 heterocycles. The van der Waals surface area contributed by atoms with Crippen LogP contribution >= 0.6 is 0 Å². The van der Waals surface area contributed by atoms with Crippen molar-refractivity contribution in [3.05, 3.63) is 12.0 Å². The van der Waals surface area contributed by atoms with E-state index in [1.165, 1.54) is 13.4 Å². The van der Waals surface area contributed by atoms with E-state index in [0.717, 1.165) is 0 Å². The fraction of sp³-hybridized carbons (Fsp3) is 0.600. The first-order chi connectivity index (χ1) is 8.22. The second-order valence-electron chi connectivity index (χ2n) is 3.69. The van der Waals surface area contributed by atoms with Gasteiger partial charge in [0.1, 0.15) is 5.82 Å². The minimum Gasteiger partial charge on any atom is -0.464 e. The van der Waals surface area contributed by atoms with Crippen LogP contribution in [-0.2, 0) is 20.8 Å². The molecule has 17 heavy (non-hydrogen) atoms. The summed E-state index contributed by atoms with van der Waals surface area (Å²) in [5.74, 6) is -0.256. The Bertz CT molecular complexity index is 398. The number of aromatic nitrogens is 2. The van der Waals surface area contributed by atoms with Crippen molar-refractivity contribution >= 4 is 11.8 Å². The van der Waals surface area contributed by atoms with Crippen LogP contribution < -0.4 is 5.73 Å². The zero-order valence-corrected chi connectivity index (χ0v) is 9.59. The van der Waals surface area contributed by atoms with E-state index in [1.54, 1.807) is 4.57 Å². The van der Waals surface area contributed by atoms with Crippen molar-refractivity contribution < 1.29 is 19.0 Å². The van der Waals surface area contributed by atoms with Gasteiger partial charge in [-0.15, -0.1) is 0 Å². The molecule has 0 saturated carbocycles. The summed E-state index contributed by atoms with van der Waals surface area (Å²) in [7, 11) is 1.29. The van der Waals surface area contributed by atoms with E-state index in [4.69, 9.17) is 15.2 Å². The molecule has 1 saturated heterocycles. The lowest BCUT2D eigenvalue weighted by atomic mass is 10.3. The predicted octanol–water partition coefficient (Wildman–Crippen LogP) is -0.333. The molecule has 7 heteroatoms. The molecule has 1 aromatic rings.